The van der Waals surface area contributed by atoms with Gasteiger partial charge in [0.15, 0.2) is 0 Å². The Morgan fingerprint density at radius 3 is 2.56 bits per heavy atom. The van der Waals surface area contributed by atoms with E-state index < -0.39 is 0 Å². The number of unbranched alkanes of at least 4 members (excludes halogenated alkanes) is 1. The first kappa shape index (κ1) is 13.9. The van der Waals surface area contributed by atoms with Gasteiger partial charge in [-0.05, 0) is 31.7 Å². The van der Waals surface area contributed by atoms with Gasteiger partial charge >= 0.3 is 0 Å². The maximum Gasteiger partial charge on any atom is 0.0594 e. The molecular weight excluding hydrogens is 202 g/mol. The summed E-state index contributed by atoms with van der Waals surface area (Å²) in [6.45, 7) is 7.75. The number of ether oxygens (including phenoxy) is 1. The molecule has 0 radical (unpaired) electrons. The largest absolute Gasteiger partial charge is 0.396 e. The van der Waals surface area contributed by atoms with Crippen molar-refractivity contribution in [3.63, 3.8) is 0 Å². The van der Waals surface area contributed by atoms with Gasteiger partial charge in [-0.25, -0.2) is 0 Å². The van der Waals surface area contributed by atoms with Crippen molar-refractivity contribution >= 4 is 0 Å². The van der Waals surface area contributed by atoms with Crippen LogP contribution in [0.2, 0.25) is 0 Å². The first-order valence-corrected chi connectivity index (χ1v) is 6.77. The van der Waals surface area contributed by atoms with Gasteiger partial charge in [-0.1, -0.05) is 19.8 Å². The molecule has 3 nitrogen and oxygen atoms in total. The molecule has 0 saturated carbocycles. The lowest BCUT2D eigenvalue weighted by atomic mass is 9.98. The van der Waals surface area contributed by atoms with Crippen LogP contribution in [0.25, 0.3) is 0 Å². The van der Waals surface area contributed by atoms with E-state index in [2.05, 4.69) is 11.8 Å². The van der Waals surface area contributed by atoms with Crippen molar-refractivity contribution in [3.8, 4) is 0 Å². The maximum absolute atomic E-state index is 9.18. The van der Waals surface area contributed by atoms with E-state index in [0.717, 1.165) is 26.3 Å². The summed E-state index contributed by atoms with van der Waals surface area (Å²) in [6, 6.07) is 0. The van der Waals surface area contributed by atoms with Gasteiger partial charge in [0.1, 0.15) is 0 Å². The van der Waals surface area contributed by atoms with Crippen LogP contribution >= 0.6 is 0 Å². The zero-order valence-electron chi connectivity index (χ0n) is 10.7. The van der Waals surface area contributed by atoms with E-state index >= 15 is 0 Å². The van der Waals surface area contributed by atoms with Crippen molar-refractivity contribution in [3.05, 3.63) is 0 Å². The summed E-state index contributed by atoms with van der Waals surface area (Å²) in [6.07, 6.45) is 6.07. The van der Waals surface area contributed by atoms with Gasteiger partial charge in [0.25, 0.3) is 0 Å². The summed E-state index contributed by atoms with van der Waals surface area (Å²) in [4.78, 5) is 2.48. The summed E-state index contributed by atoms with van der Waals surface area (Å²) >= 11 is 0. The van der Waals surface area contributed by atoms with E-state index in [-0.39, 0.29) is 0 Å². The molecule has 0 aliphatic carbocycles. The highest BCUT2D eigenvalue weighted by molar-refractivity contribution is 4.63. The van der Waals surface area contributed by atoms with Crippen LogP contribution in [0, 0.1) is 5.92 Å². The van der Waals surface area contributed by atoms with Gasteiger partial charge in [0, 0.05) is 19.7 Å². The molecule has 1 rings (SSSR count). The molecule has 16 heavy (non-hydrogen) atoms. The quantitative estimate of drug-likeness (QED) is 0.645. The second-order valence-corrected chi connectivity index (χ2v) is 4.79. The minimum absolute atomic E-state index is 0.366. The second kappa shape index (κ2) is 8.97. The molecule has 0 aromatic carbocycles. The lowest BCUT2D eigenvalue weighted by molar-refractivity contribution is 0.0369. The van der Waals surface area contributed by atoms with Crippen LogP contribution in [-0.4, -0.2) is 49.5 Å². The van der Waals surface area contributed by atoms with Crippen molar-refractivity contribution in [2.24, 2.45) is 5.92 Å². The summed E-state index contributed by atoms with van der Waals surface area (Å²) in [5.74, 6) is 0.537. The Bertz CT molecular complexity index is 151. The number of nitrogens with zero attached hydrogens (tertiary/aromatic N) is 1. The number of aliphatic hydroxyl groups excluding tert-OH is 1. The van der Waals surface area contributed by atoms with Gasteiger partial charge in [0.2, 0.25) is 0 Å². The highest BCUT2D eigenvalue weighted by Crippen LogP contribution is 2.14. The van der Waals surface area contributed by atoms with Crippen molar-refractivity contribution in [2.75, 3.05) is 39.5 Å². The SMILES string of the molecule is CCCC(CO)CCCCN1CCOCC1. The number of hydrogen-bond acceptors (Lipinski definition) is 3. The molecule has 3 heteroatoms. The third kappa shape index (κ3) is 5.83. The predicted molar refractivity (Wildman–Crippen MR) is 66.6 cm³/mol. The molecule has 1 N–H and O–H groups in total. The molecule has 1 atom stereocenters. The molecule has 0 aromatic heterocycles. The predicted octanol–water partition coefficient (Wildman–Crippen LogP) is 1.90. The molecule has 1 aliphatic rings. The van der Waals surface area contributed by atoms with Crippen molar-refractivity contribution in [1.82, 2.24) is 4.90 Å². The highest BCUT2D eigenvalue weighted by atomic mass is 16.5. The first-order valence-electron chi connectivity index (χ1n) is 6.77. The standard InChI is InChI=1S/C13H27NO2/c1-2-5-13(12-15)6-3-4-7-14-8-10-16-11-9-14/h13,15H,2-12H2,1H3. The number of aliphatic hydroxyl groups is 1. The molecule has 1 aliphatic heterocycles. The Balaban J connectivity index is 1.97. The maximum atomic E-state index is 9.18. The van der Waals surface area contributed by atoms with Gasteiger partial charge < -0.3 is 9.84 Å². The van der Waals surface area contributed by atoms with E-state index in [1.807, 2.05) is 0 Å². The highest BCUT2D eigenvalue weighted by Gasteiger charge is 2.10. The van der Waals surface area contributed by atoms with Crippen LogP contribution < -0.4 is 0 Å². The fraction of sp³-hybridized carbons (Fsp3) is 1.00. The van der Waals surface area contributed by atoms with Crippen LogP contribution in [0.4, 0.5) is 0 Å². The lowest BCUT2D eigenvalue weighted by Gasteiger charge is -2.26. The van der Waals surface area contributed by atoms with Gasteiger partial charge in [-0.2, -0.15) is 0 Å². The summed E-state index contributed by atoms with van der Waals surface area (Å²) in [5.41, 5.74) is 0. The summed E-state index contributed by atoms with van der Waals surface area (Å²) in [7, 11) is 0. The molecular formula is C13H27NO2. The van der Waals surface area contributed by atoms with Crippen LogP contribution in [0.5, 0.6) is 0 Å². The fourth-order valence-electron chi connectivity index (χ4n) is 2.33. The lowest BCUT2D eigenvalue weighted by Crippen LogP contribution is -2.36. The topological polar surface area (TPSA) is 32.7 Å². The van der Waals surface area contributed by atoms with E-state index in [9.17, 15) is 5.11 Å². The average molecular weight is 229 g/mol. The number of hydrogen-bond donors (Lipinski definition) is 1. The molecule has 1 saturated heterocycles. The van der Waals surface area contributed by atoms with Crippen molar-refractivity contribution in [1.29, 1.82) is 0 Å². The Hall–Kier alpha value is -0.120. The van der Waals surface area contributed by atoms with E-state index in [1.54, 1.807) is 0 Å². The smallest absolute Gasteiger partial charge is 0.0594 e. The zero-order chi connectivity index (χ0) is 11.6. The third-order valence-electron chi connectivity index (χ3n) is 3.40. The van der Waals surface area contributed by atoms with Crippen molar-refractivity contribution in [2.45, 2.75) is 39.0 Å². The molecule has 1 unspecified atom stereocenters. The van der Waals surface area contributed by atoms with Gasteiger partial charge in [-0.3, -0.25) is 4.90 Å². The van der Waals surface area contributed by atoms with Gasteiger partial charge in [-0.15, -0.1) is 0 Å². The Kier molecular flexibility index (Phi) is 7.81. The Labute approximate surface area is 99.8 Å². The number of morpholine rings is 1. The molecule has 1 fully saturated rings. The summed E-state index contributed by atoms with van der Waals surface area (Å²) in [5, 5.41) is 9.18. The van der Waals surface area contributed by atoms with Crippen LogP contribution in [0.3, 0.4) is 0 Å². The molecule has 96 valence electrons. The molecule has 0 spiro atoms. The monoisotopic (exact) mass is 229 g/mol. The average Bonchev–Trinajstić information content (AvgIpc) is 2.34. The number of rotatable bonds is 8. The normalized spacial score (nSPS) is 19.9. The van der Waals surface area contributed by atoms with Crippen LogP contribution in [0.1, 0.15) is 39.0 Å². The van der Waals surface area contributed by atoms with E-state index in [1.165, 1.54) is 38.6 Å². The Morgan fingerprint density at radius 2 is 1.94 bits per heavy atom. The third-order valence-corrected chi connectivity index (χ3v) is 3.40. The van der Waals surface area contributed by atoms with E-state index in [0.29, 0.717) is 12.5 Å². The fourth-order valence-corrected chi connectivity index (χ4v) is 2.33. The van der Waals surface area contributed by atoms with E-state index in [4.69, 9.17) is 4.74 Å². The van der Waals surface area contributed by atoms with Gasteiger partial charge in [0.05, 0.1) is 13.2 Å². The zero-order valence-corrected chi connectivity index (χ0v) is 10.7. The summed E-state index contributed by atoms with van der Waals surface area (Å²) < 4.78 is 5.32. The van der Waals surface area contributed by atoms with Crippen LogP contribution in [0.15, 0.2) is 0 Å². The Morgan fingerprint density at radius 1 is 1.19 bits per heavy atom. The first-order chi connectivity index (χ1) is 7.86. The minimum atomic E-state index is 0.366. The molecule has 0 aromatic rings. The molecule has 0 amide bonds. The molecule has 1 heterocycles. The van der Waals surface area contributed by atoms with Crippen LogP contribution in [-0.2, 0) is 4.74 Å². The molecule has 0 bridgehead atoms. The minimum Gasteiger partial charge on any atom is -0.396 e. The van der Waals surface area contributed by atoms with Crippen molar-refractivity contribution < 1.29 is 9.84 Å². The second-order valence-electron chi connectivity index (χ2n) is 4.79.